The van der Waals surface area contributed by atoms with Gasteiger partial charge in [-0.25, -0.2) is 4.98 Å². The van der Waals surface area contributed by atoms with Crippen molar-refractivity contribution in [3.05, 3.63) is 53.1 Å². The zero-order chi connectivity index (χ0) is 12.7. The molecule has 2 heteroatoms. The Hall–Kier alpha value is -2.09. The molecule has 0 atom stereocenters. The van der Waals surface area contributed by atoms with Gasteiger partial charge in [0, 0.05) is 5.56 Å². The molecule has 0 saturated heterocycles. The predicted molar refractivity (Wildman–Crippen MR) is 75.7 cm³/mol. The molecule has 0 bridgehead atoms. The molecule has 90 valence electrons. The molecule has 3 aromatic rings. The van der Waals surface area contributed by atoms with Crippen molar-refractivity contribution in [1.82, 2.24) is 9.97 Å². The maximum atomic E-state index is 4.64. The molecule has 2 aromatic carbocycles. The zero-order valence-corrected chi connectivity index (χ0v) is 10.9. The van der Waals surface area contributed by atoms with Crippen LogP contribution in [-0.4, -0.2) is 9.97 Å². The second-order valence-electron chi connectivity index (χ2n) is 4.91. The third-order valence-electron chi connectivity index (χ3n) is 3.42. The Morgan fingerprint density at radius 2 is 1.72 bits per heavy atom. The number of aromatic nitrogens is 2. The summed E-state index contributed by atoms with van der Waals surface area (Å²) in [6.45, 7) is 6.35. The van der Waals surface area contributed by atoms with E-state index in [-0.39, 0.29) is 0 Å². The minimum atomic E-state index is 0.943. The molecule has 0 saturated carbocycles. The zero-order valence-electron chi connectivity index (χ0n) is 10.9. The monoisotopic (exact) mass is 236 g/mol. The minimum absolute atomic E-state index is 0.943. The summed E-state index contributed by atoms with van der Waals surface area (Å²) in [5, 5.41) is 0. The van der Waals surface area contributed by atoms with Crippen LogP contribution < -0.4 is 0 Å². The average molecular weight is 236 g/mol. The lowest BCUT2D eigenvalue weighted by Crippen LogP contribution is -1.84. The van der Waals surface area contributed by atoms with E-state index in [1.165, 1.54) is 16.7 Å². The number of aryl methyl sites for hydroxylation is 3. The van der Waals surface area contributed by atoms with Crippen LogP contribution in [0.1, 0.15) is 16.7 Å². The largest absolute Gasteiger partial charge is 0.338 e. The molecule has 0 amide bonds. The molecule has 3 rings (SSSR count). The molecule has 1 N–H and O–H groups in total. The number of H-pyrrole nitrogens is 1. The topological polar surface area (TPSA) is 28.7 Å². The van der Waals surface area contributed by atoms with Crippen LogP contribution in [0.5, 0.6) is 0 Å². The van der Waals surface area contributed by atoms with Crippen molar-refractivity contribution in [1.29, 1.82) is 0 Å². The van der Waals surface area contributed by atoms with Crippen molar-refractivity contribution >= 4 is 11.0 Å². The summed E-state index contributed by atoms with van der Waals surface area (Å²) < 4.78 is 0. The van der Waals surface area contributed by atoms with Crippen LogP contribution in [0.4, 0.5) is 0 Å². The molecular weight excluding hydrogens is 220 g/mol. The molecule has 0 fully saturated rings. The molecule has 0 aliphatic carbocycles. The summed E-state index contributed by atoms with van der Waals surface area (Å²) >= 11 is 0. The van der Waals surface area contributed by atoms with Gasteiger partial charge < -0.3 is 4.98 Å². The molecule has 0 radical (unpaired) electrons. The van der Waals surface area contributed by atoms with Gasteiger partial charge in [0.15, 0.2) is 0 Å². The highest BCUT2D eigenvalue weighted by Gasteiger charge is 2.06. The van der Waals surface area contributed by atoms with Crippen LogP contribution in [0.3, 0.4) is 0 Å². The van der Waals surface area contributed by atoms with Crippen LogP contribution in [0.2, 0.25) is 0 Å². The Labute approximate surface area is 107 Å². The average Bonchev–Trinajstić information content (AvgIpc) is 2.75. The van der Waals surface area contributed by atoms with Gasteiger partial charge in [-0.1, -0.05) is 18.2 Å². The molecule has 2 nitrogen and oxygen atoms in total. The predicted octanol–water partition coefficient (Wildman–Crippen LogP) is 4.16. The number of hydrogen-bond donors (Lipinski definition) is 1. The van der Waals surface area contributed by atoms with E-state index in [0.717, 1.165) is 22.4 Å². The smallest absolute Gasteiger partial charge is 0.138 e. The number of aromatic amines is 1. The van der Waals surface area contributed by atoms with Crippen molar-refractivity contribution in [3.8, 4) is 11.4 Å². The highest BCUT2D eigenvalue weighted by atomic mass is 14.9. The minimum Gasteiger partial charge on any atom is -0.338 e. The number of imidazole rings is 1. The molecular formula is C16H16N2. The van der Waals surface area contributed by atoms with Crippen molar-refractivity contribution in [2.45, 2.75) is 20.8 Å². The Balaban J connectivity index is 2.16. The van der Waals surface area contributed by atoms with Crippen molar-refractivity contribution < 1.29 is 0 Å². The van der Waals surface area contributed by atoms with E-state index in [0.29, 0.717) is 0 Å². The second kappa shape index (κ2) is 3.98. The number of nitrogens with zero attached hydrogens (tertiary/aromatic N) is 1. The third-order valence-corrected chi connectivity index (χ3v) is 3.42. The highest BCUT2D eigenvalue weighted by Crippen LogP contribution is 2.23. The Morgan fingerprint density at radius 3 is 2.50 bits per heavy atom. The third kappa shape index (κ3) is 1.80. The number of hydrogen-bond acceptors (Lipinski definition) is 1. The molecule has 0 spiro atoms. The van der Waals surface area contributed by atoms with Crippen molar-refractivity contribution in [2.75, 3.05) is 0 Å². The lowest BCUT2D eigenvalue weighted by Gasteiger charge is -2.02. The molecule has 1 heterocycles. The van der Waals surface area contributed by atoms with Crippen molar-refractivity contribution in [3.63, 3.8) is 0 Å². The first-order valence-electron chi connectivity index (χ1n) is 6.17. The molecule has 1 aromatic heterocycles. The standard InChI is InChI=1S/C16H16N2/c1-10-4-7-14-15(8-10)18-16(17-14)13-6-5-11(2)12(3)9-13/h4-9H,1-3H3,(H,17,18). The van der Waals surface area contributed by atoms with Gasteiger partial charge in [-0.15, -0.1) is 0 Å². The van der Waals surface area contributed by atoms with Gasteiger partial charge in [0.1, 0.15) is 5.82 Å². The SMILES string of the molecule is Cc1ccc2nc(-c3ccc(C)c(C)c3)[nH]c2c1. The maximum Gasteiger partial charge on any atom is 0.138 e. The fourth-order valence-corrected chi connectivity index (χ4v) is 2.15. The lowest BCUT2D eigenvalue weighted by atomic mass is 10.1. The van der Waals surface area contributed by atoms with Gasteiger partial charge in [-0.05, 0) is 55.7 Å². The molecule has 18 heavy (non-hydrogen) atoms. The second-order valence-corrected chi connectivity index (χ2v) is 4.91. The first-order chi connectivity index (χ1) is 8.63. The Morgan fingerprint density at radius 1 is 0.889 bits per heavy atom. The lowest BCUT2D eigenvalue weighted by molar-refractivity contribution is 1.29. The summed E-state index contributed by atoms with van der Waals surface area (Å²) in [6.07, 6.45) is 0. The summed E-state index contributed by atoms with van der Waals surface area (Å²) in [5.74, 6) is 0.943. The number of rotatable bonds is 1. The van der Waals surface area contributed by atoms with E-state index in [1.807, 2.05) is 0 Å². The summed E-state index contributed by atoms with van der Waals surface area (Å²) in [6, 6.07) is 12.7. The van der Waals surface area contributed by atoms with Gasteiger partial charge in [0.05, 0.1) is 11.0 Å². The van der Waals surface area contributed by atoms with Gasteiger partial charge in [0.2, 0.25) is 0 Å². The maximum absolute atomic E-state index is 4.64. The Kier molecular flexibility index (Phi) is 2.44. The molecule has 0 aliphatic heterocycles. The molecule has 0 unspecified atom stereocenters. The summed E-state index contributed by atoms with van der Waals surface area (Å²) in [4.78, 5) is 8.03. The van der Waals surface area contributed by atoms with E-state index < -0.39 is 0 Å². The van der Waals surface area contributed by atoms with E-state index in [2.05, 4.69) is 67.1 Å². The first kappa shape index (κ1) is 11.0. The van der Waals surface area contributed by atoms with Gasteiger partial charge in [-0.2, -0.15) is 0 Å². The first-order valence-corrected chi connectivity index (χ1v) is 6.17. The number of nitrogens with one attached hydrogen (secondary N) is 1. The van der Waals surface area contributed by atoms with Crippen LogP contribution in [-0.2, 0) is 0 Å². The quantitative estimate of drug-likeness (QED) is 0.675. The van der Waals surface area contributed by atoms with Crippen LogP contribution in [0.25, 0.3) is 22.4 Å². The summed E-state index contributed by atoms with van der Waals surface area (Å²) in [5.41, 5.74) is 7.12. The van der Waals surface area contributed by atoms with E-state index >= 15 is 0 Å². The van der Waals surface area contributed by atoms with Crippen LogP contribution in [0.15, 0.2) is 36.4 Å². The van der Waals surface area contributed by atoms with Crippen LogP contribution in [0, 0.1) is 20.8 Å². The fraction of sp³-hybridized carbons (Fsp3) is 0.188. The molecule has 0 aliphatic rings. The van der Waals surface area contributed by atoms with E-state index in [1.54, 1.807) is 0 Å². The normalized spacial score (nSPS) is 11.1. The Bertz CT molecular complexity index is 723. The fourth-order valence-electron chi connectivity index (χ4n) is 2.15. The van der Waals surface area contributed by atoms with Gasteiger partial charge in [0.25, 0.3) is 0 Å². The van der Waals surface area contributed by atoms with Crippen LogP contribution >= 0.6 is 0 Å². The number of fused-ring (bicyclic) bond motifs is 1. The van der Waals surface area contributed by atoms with E-state index in [9.17, 15) is 0 Å². The van der Waals surface area contributed by atoms with E-state index in [4.69, 9.17) is 0 Å². The number of benzene rings is 2. The van der Waals surface area contributed by atoms with Gasteiger partial charge >= 0.3 is 0 Å². The van der Waals surface area contributed by atoms with Gasteiger partial charge in [-0.3, -0.25) is 0 Å². The summed E-state index contributed by atoms with van der Waals surface area (Å²) in [7, 11) is 0. The van der Waals surface area contributed by atoms with Crippen molar-refractivity contribution in [2.24, 2.45) is 0 Å². The highest BCUT2D eigenvalue weighted by molar-refractivity contribution is 5.80.